The van der Waals surface area contributed by atoms with Crippen LogP contribution >= 0.6 is 0 Å². The van der Waals surface area contributed by atoms with Crippen LogP contribution in [0, 0.1) is 5.82 Å². The average molecular weight is 253 g/mol. The van der Waals surface area contributed by atoms with E-state index >= 15 is 0 Å². The zero-order valence-electron chi connectivity index (χ0n) is 9.01. The number of hydrogen-bond donors (Lipinski definition) is 1. The molecule has 8 heteroatoms. The topological polar surface area (TPSA) is 47.0 Å². The number of ether oxygens (including phenoxy) is 1. The van der Waals surface area contributed by atoms with Gasteiger partial charge in [-0.2, -0.15) is 22.5 Å². The van der Waals surface area contributed by atoms with Crippen molar-refractivity contribution in [3.63, 3.8) is 0 Å². The van der Waals surface area contributed by atoms with Gasteiger partial charge in [0.15, 0.2) is 0 Å². The minimum absolute atomic E-state index is 0.107. The Hall–Kier alpha value is -1.60. The molecule has 1 rings (SSSR count). The first-order chi connectivity index (χ1) is 7.92. The van der Waals surface area contributed by atoms with Gasteiger partial charge in [0.25, 0.3) is 5.88 Å². The van der Waals surface area contributed by atoms with Gasteiger partial charge in [-0.3, -0.25) is 0 Å². The van der Waals surface area contributed by atoms with Gasteiger partial charge in [0.2, 0.25) is 11.8 Å². The van der Waals surface area contributed by atoms with E-state index in [0.717, 1.165) is 6.20 Å². The molecule has 0 fully saturated rings. The van der Waals surface area contributed by atoms with Gasteiger partial charge >= 0.3 is 6.18 Å². The fraction of sp³-hybridized carbons (Fsp3) is 0.556. The van der Waals surface area contributed by atoms with E-state index in [0.29, 0.717) is 6.54 Å². The van der Waals surface area contributed by atoms with Crippen LogP contribution in [0.2, 0.25) is 0 Å². The van der Waals surface area contributed by atoms with Crippen LogP contribution in [0.5, 0.6) is 5.88 Å². The summed E-state index contributed by atoms with van der Waals surface area (Å²) in [7, 11) is 0. The highest BCUT2D eigenvalue weighted by molar-refractivity contribution is 5.27. The maximum Gasteiger partial charge on any atom is 0.392 e. The number of aromatic nitrogens is 2. The summed E-state index contributed by atoms with van der Waals surface area (Å²) in [5.41, 5.74) is 0. The van der Waals surface area contributed by atoms with Crippen molar-refractivity contribution in [2.24, 2.45) is 0 Å². The molecule has 17 heavy (non-hydrogen) atoms. The third-order valence-corrected chi connectivity index (χ3v) is 1.67. The number of anilines is 1. The van der Waals surface area contributed by atoms with Crippen LogP contribution in [0.15, 0.2) is 6.20 Å². The van der Waals surface area contributed by atoms with E-state index < -0.39 is 30.9 Å². The van der Waals surface area contributed by atoms with Crippen molar-refractivity contribution >= 4 is 5.95 Å². The Morgan fingerprint density at radius 1 is 1.41 bits per heavy atom. The molecular weight excluding hydrogens is 242 g/mol. The lowest BCUT2D eigenvalue weighted by atomic mass is 10.4. The molecule has 0 saturated heterocycles. The number of rotatable bonds is 5. The summed E-state index contributed by atoms with van der Waals surface area (Å²) in [5.74, 6) is -1.27. The first-order valence-electron chi connectivity index (χ1n) is 4.88. The molecule has 0 atom stereocenters. The van der Waals surface area contributed by atoms with E-state index in [9.17, 15) is 17.6 Å². The molecule has 0 aromatic carbocycles. The van der Waals surface area contributed by atoms with E-state index in [1.807, 2.05) is 0 Å². The third kappa shape index (κ3) is 4.83. The van der Waals surface area contributed by atoms with Crippen LogP contribution in [0.4, 0.5) is 23.5 Å². The summed E-state index contributed by atoms with van der Waals surface area (Å²) in [6.45, 7) is 1.60. The van der Waals surface area contributed by atoms with Crippen molar-refractivity contribution in [1.29, 1.82) is 0 Å². The van der Waals surface area contributed by atoms with Crippen molar-refractivity contribution in [3.05, 3.63) is 12.0 Å². The van der Waals surface area contributed by atoms with Crippen LogP contribution in [-0.4, -0.2) is 29.3 Å². The lowest BCUT2D eigenvalue weighted by molar-refractivity contribution is -0.139. The van der Waals surface area contributed by atoms with E-state index in [1.165, 1.54) is 0 Å². The smallest absolute Gasteiger partial charge is 0.392 e. The van der Waals surface area contributed by atoms with E-state index in [1.54, 1.807) is 6.92 Å². The summed E-state index contributed by atoms with van der Waals surface area (Å²) in [6, 6.07) is 0. The van der Waals surface area contributed by atoms with Crippen molar-refractivity contribution in [3.8, 4) is 5.88 Å². The van der Waals surface area contributed by atoms with Gasteiger partial charge in [-0.05, 0) is 6.92 Å². The maximum atomic E-state index is 13.1. The molecule has 0 aliphatic heterocycles. The SMILES string of the molecule is CCNc1ncc(F)c(OCCC(F)(F)F)n1. The van der Waals surface area contributed by atoms with Crippen LogP contribution in [0.1, 0.15) is 13.3 Å². The summed E-state index contributed by atoms with van der Waals surface area (Å²) in [5, 5.41) is 2.69. The minimum atomic E-state index is -4.34. The Labute approximate surface area is 95.0 Å². The van der Waals surface area contributed by atoms with Crippen molar-refractivity contribution < 1.29 is 22.3 Å². The third-order valence-electron chi connectivity index (χ3n) is 1.67. The Morgan fingerprint density at radius 2 is 2.12 bits per heavy atom. The molecule has 1 aromatic heterocycles. The van der Waals surface area contributed by atoms with Crippen molar-refractivity contribution in [2.45, 2.75) is 19.5 Å². The molecule has 4 nitrogen and oxygen atoms in total. The monoisotopic (exact) mass is 253 g/mol. The molecule has 0 aliphatic carbocycles. The molecule has 0 amide bonds. The Morgan fingerprint density at radius 3 is 2.71 bits per heavy atom. The molecular formula is C9H11F4N3O. The standard InChI is InChI=1S/C9H11F4N3O/c1-2-14-8-15-5-6(10)7(16-8)17-4-3-9(11,12)13/h5H,2-4H2,1H3,(H,14,15,16). The lowest BCUT2D eigenvalue weighted by Gasteiger charge is -2.09. The van der Waals surface area contributed by atoms with Crippen LogP contribution < -0.4 is 10.1 Å². The summed E-state index contributed by atoms with van der Waals surface area (Å²) in [6.07, 6.45) is -4.66. The molecule has 0 bridgehead atoms. The fourth-order valence-electron chi connectivity index (χ4n) is 0.959. The zero-order valence-corrected chi connectivity index (χ0v) is 9.01. The van der Waals surface area contributed by atoms with Gasteiger partial charge in [0, 0.05) is 6.54 Å². The summed E-state index contributed by atoms with van der Waals surface area (Å²) >= 11 is 0. The second kappa shape index (κ2) is 5.65. The van der Waals surface area contributed by atoms with E-state index in [4.69, 9.17) is 0 Å². The average Bonchev–Trinajstić information content (AvgIpc) is 2.21. The zero-order chi connectivity index (χ0) is 12.9. The minimum Gasteiger partial charge on any atom is -0.475 e. The first kappa shape index (κ1) is 13.5. The van der Waals surface area contributed by atoms with Gasteiger partial charge in [0.1, 0.15) is 0 Å². The highest BCUT2D eigenvalue weighted by Crippen LogP contribution is 2.21. The number of hydrogen-bond acceptors (Lipinski definition) is 4. The predicted octanol–water partition coefficient (Wildman–Crippen LogP) is 2.38. The molecule has 0 unspecified atom stereocenters. The van der Waals surface area contributed by atoms with Gasteiger partial charge in [-0.15, -0.1) is 0 Å². The molecule has 1 N–H and O–H groups in total. The second-order valence-corrected chi connectivity index (χ2v) is 3.09. The molecule has 1 heterocycles. The maximum absolute atomic E-state index is 13.1. The second-order valence-electron chi connectivity index (χ2n) is 3.09. The number of alkyl halides is 3. The molecule has 0 aliphatic rings. The Kier molecular flexibility index (Phi) is 4.47. The number of nitrogens with one attached hydrogen (secondary N) is 1. The van der Waals surface area contributed by atoms with Gasteiger partial charge in [0.05, 0.1) is 19.2 Å². The fourth-order valence-corrected chi connectivity index (χ4v) is 0.959. The Balaban J connectivity index is 2.60. The van der Waals surface area contributed by atoms with Gasteiger partial charge < -0.3 is 10.1 Å². The van der Waals surface area contributed by atoms with Crippen molar-refractivity contribution in [2.75, 3.05) is 18.5 Å². The predicted molar refractivity (Wildman–Crippen MR) is 52.3 cm³/mol. The summed E-state index contributed by atoms with van der Waals surface area (Å²) in [4.78, 5) is 7.18. The van der Waals surface area contributed by atoms with E-state index in [-0.39, 0.29) is 5.95 Å². The lowest BCUT2D eigenvalue weighted by Crippen LogP contribution is -2.14. The number of halogens is 4. The Bertz CT molecular complexity index is 370. The van der Waals surface area contributed by atoms with Crippen LogP contribution in [0.3, 0.4) is 0 Å². The normalized spacial score (nSPS) is 11.4. The highest BCUT2D eigenvalue weighted by Gasteiger charge is 2.27. The molecule has 0 saturated carbocycles. The van der Waals surface area contributed by atoms with Gasteiger partial charge in [-0.1, -0.05) is 0 Å². The highest BCUT2D eigenvalue weighted by atomic mass is 19.4. The molecule has 0 spiro atoms. The quantitative estimate of drug-likeness (QED) is 0.818. The molecule has 0 radical (unpaired) electrons. The summed E-state index contributed by atoms with van der Waals surface area (Å²) < 4.78 is 53.2. The first-order valence-corrected chi connectivity index (χ1v) is 4.88. The van der Waals surface area contributed by atoms with E-state index in [2.05, 4.69) is 20.0 Å². The van der Waals surface area contributed by atoms with Crippen LogP contribution in [-0.2, 0) is 0 Å². The van der Waals surface area contributed by atoms with Crippen LogP contribution in [0.25, 0.3) is 0 Å². The van der Waals surface area contributed by atoms with Crippen molar-refractivity contribution in [1.82, 2.24) is 9.97 Å². The molecule has 1 aromatic rings. The van der Waals surface area contributed by atoms with Gasteiger partial charge in [-0.25, -0.2) is 4.98 Å². The number of nitrogens with zero attached hydrogens (tertiary/aromatic N) is 2. The molecule has 96 valence electrons. The largest absolute Gasteiger partial charge is 0.475 e.